The van der Waals surface area contributed by atoms with Gasteiger partial charge in [-0.2, -0.15) is 0 Å². The van der Waals surface area contributed by atoms with Crippen LogP contribution in [0.25, 0.3) is 65.8 Å². The minimum absolute atomic E-state index is 0.471. The van der Waals surface area contributed by atoms with Crippen molar-refractivity contribution in [3.8, 4) is 33.4 Å². The Bertz CT molecular complexity index is 2470. The zero-order chi connectivity index (χ0) is 28.1. The minimum atomic E-state index is -0.471. The highest BCUT2D eigenvalue weighted by atomic mass is 14.7. The molecule has 0 aliphatic heterocycles. The number of rotatable bonds is 1. The molecule has 1 aromatic heterocycles. The third kappa shape index (κ3) is 2.84. The van der Waals surface area contributed by atoms with Crippen LogP contribution >= 0.6 is 0 Å². The van der Waals surface area contributed by atoms with E-state index in [1.807, 2.05) is 6.20 Å². The van der Waals surface area contributed by atoms with Gasteiger partial charge in [-0.25, -0.2) is 0 Å². The van der Waals surface area contributed by atoms with Crippen molar-refractivity contribution in [3.05, 3.63) is 174 Å². The number of aromatic nitrogens is 1. The lowest BCUT2D eigenvalue weighted by Gasteiger charge is -2.31. The van der Waals surface area contributed by atoms with Crippen LogP contribution in [-0.4, -0.2) is 4.98 Å². The van der Waals surface area contributed by atoms with Crippen molar-refractivity contribution in [2.75, 3.05) is 0 Å². The number of hydrogen-bond donors (Lipinski definition) is 0. The van der Waals surface area contributed by atoms with Gasteiger partial charge in [-0.1, -0.05) is 127 Å². The summed E-state index contributed by atoms with van der Waals surface area (Å²) in [6.45, 7) is 0. The predicted molar refractivity (Wildman–Crippen MR) is 178 cm³/mol. The molecule has 0 N–H and O–H groups in total. The zero-order valence-electron chi connectivity index (χ0n) is 23.4. The number of nitrogens with zero attached hydrogens (tertiary/aromatic N) is 1. The van der Waals surface area contributed by atoms with Crippen molar-refractivity contribution in [1.82, 2.24) is 4.98 Å². The second kappa shape index (κ2) is 8.27. The fourth-order valence-corrected chi connectivity index (χ4v) is 8.21. The molecule has 43 heavy (non-hydrogen) atoms. The summed E-state index contributed by atoms with van der Waals surface area (Å²) in [6.07, 6.45) is 1.96. The second-order valence-corrected chi connectivity index (χ2v) is 11.9. The maximum absolute atomic E-state index is 5.17. The summed E-state index contributed by atoms with van der Waals surface area (Å²) in [5.41, 5.74) is 13.7. The molecular weight excluding hydrogens is 518 g/mol. The topological polar surface area (TPSA) is 12.9 Å². The van der Waals surface area contributed by atoms with Gasteiger partial charge in [-0.15, -0.1) is 0 Å². The van der Waals surface area contributed by atoms with Crippen molar-refractivity contribution in [1.29, 1.82) is 0 Å². The lowest BCUT2D eigenvalue weighted by atomic mass is 9.69. The van der Waals surface area contributed by atoms with Gasteiger partial charge in [0.15, 0.2) is 0 Å². The van der Waals surface area contributed by atoms with Gasteiger partial charge in [0.25, 0.3) is 0 Å². The van der Waals surface area contributed by atoms with Crippen LogP contribution in [0.15, 0.2) is 152 Å². The number of pyridine rings is 1. The molecule has 1 atom stereocenters. The summed E-state index contributed by atoms with van der Waals surface area (Å²) in [5, 5.41) is 6.28. The van der Waals surface area contributed by atoms with Crippen LogP contribution in [0.3, 0.4) is 0 Å². The van der Waals surface area contributed by atoms with E-state index in [-0.39, 0.29) is 0 Å². The number of fused-ring (bicyclic) bond motifs is 16. The predicted octanol–water partition coefficient (Wildman–Crippen LogP) is 10.6. The summed E-state index contributed by atoms with van der Waals surface area (Å²) < 4.78 is 0. The summed E-state index contributed by atoms with van der Waals surface area (Å²) in [4.78, 5) is 5.17. The molecule has 10 rings (SSSR count). The number of hydrogen-bond acceptors (Lipinski definition) is 1. The summed E-state index contributed by atoms with van der Waals surface area (Å²) in [5.74, 6) is 0. The van der Waals surface area contributed by atoms with Gasteiger partial charge in [-0.3, -0.25) is 4.98 Å². The first kappa shape index (κ1) is 23.1. The van der Waals surface area contributed by atoms with E-state index in [2.05, 4.69) is 146 Å². The third-order valence-corrected chi connectivity index (χ3v) is 9.88. The minimum Gasteiger partial charge on any atom is -0.256 e. The van der Waals surface area contributed by atoms with Crippen LogP contribution in [0.1, 0.15) is 22.3 Å². The molecule has 8 aromatic rings. The van der Waals surface area contributed by atoms with E-state index in [4.69, 9.17) is 4.98 Å². The van der Waals surface area contributed by atoms with Gasteiger partial charge in [0, 0.05) is 17.1 Å². The maximum atomic E-state index is 5.17. The van der Waals surface area contributed by atoms with Crippen LogP contribution in [0.2, 0.25) is 0 Å². The van der Waals surface area contributed by atoms with E-state index in [9.17, 15) is 0 Å². The van der Waals surface area contributed by atoms with Crippen LogP contribution in [0.4, 0.5) is 0 Å². The Kier molecular flexibility index (Phi) is 4.44. The van der Waals surface area contributed by atoms with Crippen LogP contribution in [-0.2, 0) is 5.41 Å². The van der Waals surface area contributed by atoms with Crippen molar-refractivity contribution >= 4 is 32.4 Å². The normalized spacial score (nSPS) is 16.0. The molecule has 2 aliphatic rings. The van der Waals surface area contributed by atoms with E-state index < -0.39 is 5.41 Å². The lowest BCUT2D eigenvalue weighted by Crippen LogP contribution is -2.26. The summed E-state index contributed by atoms with van der Waals surface area (Å²) in [7, 11) is 0. The van der Waals surface area contributed by atoms with E-state index in [0.717, 1.165) is 5.52 Å². The zero-order valence-corrected chi connectivity index (χ0v) is 23.4. The van der Waals surface area contributed by atoms with Gasteiger partial charge >= 0.3 is 0 Å². The van der Waals surface area contributed by atoms with E-state index in [1.165, 1.54) is 82.6 Å². The molecule has 2 aliphatic carbocycles. The van der Waals surface area contributed by atoms with Gasteiger partial charge in [0.1, 0.15) is 0 Å². The Labute approximate surface area is 249 Å². The first-order chi connectivity index (χ1) is 21.3. The SMILES string of the molecule is c1ccc2c(c1)-c1ccc(-c3ccc4ccccc4c3)cc1C21c2ccccc2-c2c1c1ncccc1c1ccccc21. The molecule has 1 heterocycles. The third-order valence-electron chi connectivity index (χ3n) is 9.88. The molecule has 0 bridgehead atoms. The van der Waals surface area contributed by atoms with Gasteiger partial charge < -0.3 is 0 Å². The average molecular weight is 544 g/mol. The largest absolute Gasteiger partial charge is 0.256 e. The smallest absolute Gasteiger partial charge is 0.0762 e. The molecule has 7 aromatic carbocycles. The monoisotopic (exact) mass is 543 g/mol. The Morgan fingerprint density at radius 2 is 1.05 bits per heavy atom. The van der Waals surface area contributed by atoms with Crippen molar-refractivity contribution in [2.45, 2.75) is 5.41 Å². The molecule has 1 spiro atoms. The molecule has 0 radical (unpaired) electrons. The van der Waals surface area contributed by atoms with Crippen molar-refractivity contribution in [2.24, 2.45) is 0 Å². The molecule has 1 heteroatoms. The maximum Gasteiger partial charge on any atom is 0.0762 e. The Morgan fingerprint density at radius 3 is 1.93 bits per heavy atom. The standard InChI is InChI=1S/C42H25N/c1-2-11-27-24-28(20-19-26(27)10-1)29-21-22-32-31-13-5-7-17-36(31)42(38(32)25-29)37-18-8-6-15-35(37)39-33-14-4-3-12-30(33)34-16-9-23-43-41(34)40(39)42/h1-25H. The molecule has 198 valence electrons. The fraction of sp³-hybridized carbons (Fsp3) is 0.0238. The van der Waals surface area contributed by atoms with E-state index in [1.54, 1.807) is 0 Å². The molecule has 0 saturated carbocycles. The van der Waals surface area contributed by atoms with Gasteiger partial charge in [0.2, 0.25) is 0 Å². The van der Waals surface area contributed by atoms with Crippen LogP contribution in [0.5, 0.6) is 0 Å². The molecular formula is C42H25N. The highest BCUT2D eigenvalue weighted by Crippen LogP contribution is 2.65. The van der Waals surface area contributed by atoms with Crippen LogP contribution in [0, 0.1) is 0 Å². The summed E-state index contributed by atoms with van der Waals surface area (Å²) in [6, 6.07) is 53.8. The summed E-state index contributed by atoms with van der Waals surface area (Å²) >= 11 is 0. The Morgan fingerprint density at radius 1 is 0.419 bits per heavy atom. The molecule has 0 amide bonds. The first-order valence-corrected chi connectivity index (χ1v) is 15.0. The average Bonchev–Trinajstić information content (AvgIpc) is 3.56. The molecule has 0 saturated heterocycles. The first-order valence-electron chi connectivity index (χ1n) is 15.0. The molecule has 1 nitrogen and oxygen atoms in total. The highest BCUT2D eigenvalue weighted by Gasteiger charge is 2.53. The van der Waals surface area contributed by atoms with Gasteiger partial charge in [-0.05, 0) is 89.8 Å². The lowest BCUT2D eigenvalue weighted by molar-refractivity contribution is 0.799. The molecule has 0 fully saturated rings. The Hall–Kier alpha value is -5.53. The quantitative estimate of drug-likeness (QED) is 0.188. The highest BCUT2D eigenvalue weighted by molar-refractivity contribution is 6.19. The van der Waals surface area contributed by atoms with E-state index in [0.29, 0.717) is 0 Å². The van der Waals surface area contributed by atoms with Crippen LogP contribution < -0.4 is 0 Å². The van der Waals surface area contributed by atoms with Gasteiger partial charge in [0.05, 0.1) is 10.9 Å². The van der Waals surface area contributed by atoms with Crippen molar-refractivity contribution in [3.63, 3.8) is 0 Å². The number of benzene rings is 7. The molecule has 1 unspecified atom stereocenters. The fourth-order valence-electron chi connectivity index (χ4n) is 8.21. The Balaban J connectivity index is 1.39. The van der Waals surface area contributed by atoms with E-state index >= 15 is 0 Å². The second-order valence-electron chi connectivity index (χ2n) is 11.9. The van der Waals surface area contributed by atoms with Crippen molar-refractivity contribution < 1.29 is 0 Å².